The first-order valence-electron chi connectivity index (χ1n) is 6.22. The zero-order valence-electron chi connectivity index (χ0n) is 10.9. The van der Waals surface area contributed by atoms with Crippen LogP contribution in [0.2, 0.25) is 0 Å². The monoisotopic (exact) mass is 252 g/mol. The standard InChI is InChI=1S/C12H20N4O2/c1-17-10-7-11(18-2)15-12(14-10)16-6-4-3-5-9(16)8-13/h7,9H,3-6,8,13H2,1-2H3. The van der Waals surface area contributed by atoms with Gasteiger partial charge >= 0.3 is 0 Å². The van der Waals surface area contributed by atoms with Crippen LogP contribution in [0.15, 0.2) is 6.07 Å². The van der Waals surface area contributed by atoms with Crippen molar-refractivity contribution in [3.8, 4) is 11.8 Å². The second kappa shape index (κ2) is 5.86. The quantitative estimate of drug-likeness (QED) is 0.855. The van der Waals surface area contributed by atoms with Crippen LogP contribution in [0.3, 0.4) is 0 Å². The highest BCUT2D eigenvalue weighted by atomic mass is 16.5. The highest BCUT2D eigenvalue weighted by Crippen LogP contribution is 2.25. The first kappa shape index (κ1) is 12.9. The van der Waals surface area contributed by atoms with Gasteiger partial charge in [0.05, 0.1) is 20.3 Å². The number of rotatable bonds is 4. The molecule has 1 atom stereocenters. The Balaban J connectivity index is 2.29. The molecule has 100 valence electrons. The van der Waals surface area contributed by atoms with Gasteiger partial charge in [0.15, 0.2) is 0 Å². The van der Waals surface area contributed by atoms with Crippen LogP contribution in [0, 0.1) is 0 Å². The second-order valence-corrected chi connectivity index (χ2v) is 4.33. The molecular formula is C12H20N4O2. The lowest BCUT2D eigenvalue weighted by molar-refractivity contribution is 0.368. The minimum absolute atomic E-state index is 0.301. The van der Waals surface area contributed by atoms with Crippen molar-refractivity contribution in [2.45, 2.75) is 25.3 Å². The van der Waals surface area contributed by atoms with Crippen molar-refractivity contribution in [1.29, 1.82) is 0 Å². The summed E-state index contributed by atoms with van der Waals surface area (Å²) >= 11 is 0. The molecule has 1 aliphatic heterocycles. The Morgan fingerprint density at radius 2 is 1.94 bits per heavy atom. The summed E-state index contributed by atoms with van der Waals surface area (Å²) in [5, 5.41) is 0. The molecule has 2 heterocycles. The molecule has 0 saturated carbocycles. The summed E-state index contributed by atoms with van der Waals surface area (Å²) in [7, 11) is 3.17. The zero-order valence-corrected chi connectivity index (χ0v) is 10.9. The number of nitrogens with zero attached hydrogens (tertiary/aromatic N) is 3. The Kier molecular flexibility index (Phi) is 4.19. The average Bonchev–Trinajstić information content (AvgIpc) is 2.46. The predicted molar refractivity (Wildman–Crippen MR) is 69.2 cm³/mol. The Morgan fingerprint density at radius 1 is 1.28 bits per heavy atom. The SMILES string of the molecule is COc1cc(OC)nc(N2CCCCC2CN)n1. The molecule has 1 aliphatic rings. The van der Waals surface area contributed by atoms with E-state index in [1.165, 1.54) is 6.42 Å². The molecule has 2 N–H and O–H groups in total. The lowest BCUT2D eigenvalue weighted by atomic mass is 10.0. The van der Waals surface area contributed by atoms with Gasteiger partial charge in [-0.1, -0.05) is 0 Å². The van der Waals surface area contributed by atoms with Gasteiger partial charge in [-0.15, -0.1) is 0 Å². The maximum absolute atomic E-state index is 5.81. The van der Waals surface area contributed by atoms with Crippen LogP contribution in [0.25, 0.3) is 0 Å². The van der Waals surface area contributed by atoms with Gasteiger partial charge in [-0.25, -0.2) is 0 Å². The summed E-state index contributed by atoms with van der Waals surface area (Å²) < 4.78 is 10.3. The van der Waals surface area contributed by atoms with Crippen LogP contribution in [0.5, 0.6) is 11.8 Å². The van der Waals surface area contributed by atoms with E-state index in [0.29, 0.717) is 30.3 Å². The summed E-state index contributed by atoms with van der Waals surface area (Å²) in [6.45, 7) is 1.54. The van der Waals surface area contributed by atoms with Crippen molar-refractivity contribution in [2.75, 3.05) is 32.2 Å². The van der Waals surface area contributed by atoms with Gasteiger partial charge in [0.2, 0.25) is 17.7 Å². The molecule has 1 fully saturated rings. The fourth-order valence-electron chi connectivity index (χ4n) is 2.24. The van der Waals surface area contributed by atoms with Crippen LogP contribution in [-0.2, 0) is 0 Å². The van der Waals surface area contributed by atoms with E-state index in [-0.39, 0.29) is 0 Å². The molecule has 0 radical (unpaired) electrons. The van der Waals surface area contributed by atoms with Gasteiger partial charge < -0.3 is 20.1 Å². The summed E-state index contributed by atoms with van der Waals surface area (Å²) in [6.07, 6.45) is 3.43. The molecule has 0 aliphatic carbocycles. The summed E-state index contributed by atoms with van der Waals surface area (Å²) in [5.41, 5.74) is 5.81. The number of nitrogens with two attached hydrogens (primary N) is 1. The number of methoxy groups -OCH3 is 2. The van der Waals surface area contributed by atoms with Crippen LogP contribution >= 0.6 is 0 Å². The molecule has 1 unspecified atom stereocenters. The van der Waals surface area contributed by atoms with Crippen molar-refractivity contribution < 1.29 is 9.47 Å². The largest absolute Gasteiger partial charge is 0.481 e. The van der Waals surface area contributed by atoms with E-state index in [2.05, 4.69) is 14.9 Å². The summed E-state index contributed by atoms with van der Waals surface area (Å²) in [4.78, 5) is 10.9. The minimum atomic E-state index is 0.301. The zero-order chi connectivity index (χ0) is 13.0. The van der Waals surface area contributed by atoms with Crippen LogP contribution in [-0.4, -0.2) is 43.3 Å². The normalized spacial score (nSPS) is 19.7. The molecule has 18 heavy (non-hydrogen) atoms. The fourth-order valence-corrected chi connectivity index (χ4v) is 2.24. The van der Waals surface area contributed by atoms with Gasteiger partial charge in [-0.05, 0) is 19.3 Å². The Labute approximate surface area is 107 Å². The lowest BCUT2D eigenvalue weighted by Gasteiger charge is -2.35. The number of hydrogen-bond donors (Lipinski definition) is 1. The number of hydrogen-bond acceptors (Lipinski definition) is 6. The molecule has 1 saturated heterocycles. The molecule has 0 amide bonds. The van der Waals surface area contributed by atoms with Gasteiger partial charge in [0.1, 0.15) is 0 Å². The van der Waals surface area contributed by atoms with E-state index in [4.69, 9.17) is 15.2 Å². The first-order chi connectivity index (χ1) is 8.78. The Hall–Kier alpha value is -1.56. The predicted octanol–water partition coefficient (Wildman–Crippen LogP) is 0.811. The van der Waals surface area contributed by atoms with Crippen LogP contribution < -0.4 is 20.1 Å². The van der Waals surface area contributed by atoms with Gasteiger partial charge in [-0.2, -0.15) is 9.97 Å². The Bertz CT molecular complexity index is 377. The summed E-state index contributed by atoms with van der Waals surface area (Å²) in [5.74, 6) is 1.66. The van der Waals surface area contributed by atoms with Crippen LogP contribution in [0.1, 0.15) is 19.3 Å². The molecule has 0 aromatic carbocycles. The van der Waals surface area contributed by atoms with E-state index in [9.17, 15) is 0 Å². The highest BCUT2D eigenvalue weighted by Gasteiger charge is 2.24. The van der Waals surface area contributed by atoms with Crippen molar-refractivity contribution in [3.05, 3.63) is 6.07 Å². The van der Waals surface area contributed by atoms with Gasteiger partial charge in [0.25, 0.3) is 0 Å². The smallest absolute Gasteiger partial charge is 0.232 e. The number of piperidine rings is 1. The van der Waals surface area contributed by atoms with Crippen molar-refractivity contribution in [3.63, 3.8) is 0 Å². The van der Waals surface area contributed by atoms with Crippen molar-refractivity contribution >= 4 is 5.95 Å². The lowest BCUT2D eigenvalue weighted by Crippen LogP contribution is -2.45. The summed E-state index contributed by atoms with van der Waals surface area (Å²) in [6, 6.07) is 1.97. The molecule has 6 heteroatoms. The fraction of sp³-hybridized carbons (Fsp3) is 0.667. The van der Waals surface area contributed by atoms with E-state index in [1.54, 1.807) is 20.3 Å². The third-order valence-corrected chi connectivity index (χ3v) is 3.24. The van der Waals surface area contributed by atoms with E-state index >= 15 is 0 Å². The van der Waals surface area contributed by atoms with E-state index in [1.807, 2.05) is 0 Å². The average molecular weight is 252 g/mol. The maximum atomic E-state index is 5.81. The third-order valence-electron chi connectivity index (χ3n) is 3.24. The maximum Gasteiger partial charge on any atom is 0.232 e. The van der Waals surface area contributed by atoms with Crippen molar-refractivity contribution in [2.24, 2.45) is 5.73 Å². The molecule has 1 aromatic heterocycles. The van der Waals surface area contributed by atoms with Crippen molar-refractivity contribution in [1.82, 2.24) is 9.97 Å². The molecule has 1 aromatic rings. The van der Waals surface area contributed by atoms with Crippen LogP contribution in [0.4, 0.5) is 5.95 Å². The molecule has 0 spiro atoms. The molecule has 2 rings (SSSR count). The molecular weight excluding hydrogens is 232 g/mol. The first-order valence-corrected chi connectivity index (χ1v) is 6.22. The van der Waals surface area contributed by atoms with E-state index < -0.39 is 0 Å². The number of anilines is 1. The number of aromatic nitrogens is 2. The Morgan fingerprint density at radius 3 is 2.50 bits per heavy atom. The van der Waals surface area contributed by atoms with Gasteiger partial charge in [0, 0.05) is 19.1 Å². The second-order valence-electron chi connectivity index (χ2n) is 4.33. The van der Waals surface area contributed by atoms with Gasteiger partial charge in [-0.3, -0.25) is 0 Å². The minimum Gasteiger partial charge on any atom is -0.481 e. The number of ether oxygens (including phenoxy) is 2. The molecule has 0 bridgehead atoms. The third kappa shape index (κ3) is 2.64. The van der Waals surface area contributed by atoms with E-state index in [0.717, 1.165) is 19.4 Å². The molecule has 6 nitrogen and oxygen atoms in total. The highest BCUT2D eigenvalue weighted by molar-refractivity contribution is 5.38. The topological polar surface area (TPSA) is 73.5 Å².